The van der Waals surface area contributed by atoms with Crippen molar-refractivity contribution >= 4 is 27.6 Å². The number of halogens is 3. The first-order valence-electron chi connectivity index (χ1n) is 3.70. The van der Waals surface area contributed by atoms with Gasteiger partial charge in [0.05, 0.1) is 11.9 Å². The smallest absolute Gasteiger partial charge is 0.315 e. The minimum atomic E-state index is -3.08. The molecule has 0 aromatic rings. The third kappa shape index (κ3) is 4.61. The highest BCUT2D eigenvalue weighted by Crippen LogP contribution is 1.96. The Labute approximate surface area is 88.1 Å². The molecule has 0 fully saturated rings. The lowest BCUT2D eigenvalue weighted by atomic mass is 10.2. The van der Waals surface area contributed by atoms with Crippen molar-refractivity contribution in [3.05, 3.63) is 0 Å². The minimum Gasteiger partial charge on any atom is -0.372 e. The monoisotopic (exact) mass is 273 g/mol. The maximum absolute atomic E-state index is 11.7. The van der Waals surface area contributed by atoms with Crippen LogP contribution in [0.25, 0.3) is 0 Å². The zero-order valence-corrected chi connectivity index (χ0v) is 9.01. The summed E-state index contributed by atoms with van der Waals surface area (Å²) >= 11 is 2.90. The summed E-state index contributed by atoms with van der Waals surface area (Å²) < 4.78 is 28.1. The van der Waals surface area contributed by atoms with E-state index in [-0.39, 0.29) is 17.7 Å². The third-order valence-electron chi connectivity index (χ3n) is 1.44. The molecule has 1 amide bonds. The van der Waals surface area contributed by atoms with Gasteiger partial charge in [0.1, 0.15) is 6.10 Å². The Morgan fingerprint density at radius 3 is 2.43 bits per heavy atom. The average molecular weight is 274 g/mol. The van der Waals surface area contributed by atoms with Crippen LogP contribution in [-0.4, -0.2) is 43.2 Å². The maximum atomic E-state index is 11.7. The van der Waals surface area contributed by atoms with Crippen LogP contribution in [-0.2, 0) is 14.3 Å². The second-order valence-corrected chi connectivity index (χ2v) is 2.93. The van der Waals surface area contributed by atoms with Crippen molar-refractivity contribution in [2.45, 2.75) is 12.5 Å². The van der Waals surface area contributed by atoms with E-state index in [1.165, 1.54) is 7.11 Å². The van der Waals surface area contributed by atoms with Crippen LogP contribution in [0.1, 0.15) is 0 Å². The Morgan fingerprint density at radius 1 is 1.50 bits per heavy atom. The maximum Gasteiger partial charge on any atom is 0.315 e. The molecule has 0 aliphatic carbocycles. The molecule has 0 aromatic carbocycles. The summed E-state index contributed by atoms with van der Waals surface area (Å²) in [5.41, 5.74) is 0. The van der Waals surface area contributed by atoms with E-state index < -0.39 is 18.4 Å². The normalized spacial score (nSPS) is 12.6. The summed E-state index contributed by atoms with van der Waals surface area (Å²) in [7, 11) is 1.26. The number of alkyl halides is 3. The summed E-state index contributed by atoms with van der Waals surface area (Å²) in [4.78, 5) is 21.4. The van der Waals surface area contributed by atoms with Gasteiger partial charge in [-0.2, -0.15) is 8.78 Å². The number of rotatable bonds is 6. The molecule has 0 saturated heterocycles. The van der Waals surface area contributed by atoms with Gasteiger partial charge in [-0.15, -0.1) is 0 Å². The van der Waals surface area contributed by atoms with Crippen molar-refractivity contribution in [3.8, 4) is 0 Å². The fraction of sp³-hybridized carbons (Fsp3) is 0.714. The molecule has 0 aliphatic heterocycles. The van der Waals surface area contributed by atoms with Crippen LogP contribution in [0.5, 0.6) is 0 Å². The number of ether oxygens (including phenoxy) is 1. The first-order valence-corrected chi connectivity index (χ1v) is 4.82. The molecule has 4 nitrogen and oxygen atoms in total. The molecule has 0 rings (SSSR count). The highest BCUT2D eigenvalue weighted by molar-refractivity contribution is 9.09. The number of hydrogen-bond acceptors (Lipinski definition) is 3. The van der Waals surface area contributed by atoms with E-state index in [1.54, 1.807) is 0 Å². The van der Waals surface area contributed by atoms with E-state index in [2.05, 4.69) is 15.9 Å². The number of ketones is 1. The SMILES string of the molecule is COC(CNC(=O)C(F)F)C(=O)CBr. The summed E-state index contributed by atoms with van der Waals surface area (Å²) in [5.74, 6) is -1.73. The number of nitrogens with one attached hydrogen (secondary N) is 1. The zero-order chi connectivity index (χ0) is 11.1. The van der Waals surface area contributed by atoms with E-state index in [0.29, 0.717) is 0 Å². The fourth-order valence-corrected chi connectivity index (χ4v) is 1.05. The Balaban J connectivity index is 3.96. The van der Waals surface area contributed by atoms with E-state index in [9.17, 15) is 18.4 Å². The van der Waals surface area contributed by atoms with E-state index >= 15 is 0 Å². The van der Waals surface area contributed by atoms with Crippen LogP contribution >= 0.6 is 15.9 Å². The molecular formula is C7H10BrF2NO3. The van der Waals surface area contributed by atoms with Crippen LogP contribution in [0.2, 0.25) is 0 Å². The highest BCUT2D eigenvalue weighted by atomic mass is 79.9. The summed E-state index contributed by atoms with van der Waals surface area (Å²) in [6, 6.07) is 0. The van der Waals surface area contributed by atoms with Gasteiger partial charge >= 0.3 is 6.43 Å². The zero-order valence-electron chi connectivity index (χ0n) is 7.43. The number of carbonyl (C=O) groups excluding carboxylic acids is 2. The number of amides is 1. The van der Waals surface area contributed by atoms with Crippen molar-refractivity contribution in [2.75, 3.05) is 19.0 Å². The largest absolute Gasteiger partial charge is 0.372 e. The number of methoxy groups -OCH3 is 1. The van der Waals surface area contributed by atoms with Gasteiger partial charge in [0.15, 0.2) is 5.78 Å². The topological polar surface area (TPSA) is 55.4 Å². The van der Waals surface area contributed by atoms with Gasteiger partial charge in [0.25, 0.3) is 5.91 Å². The van der Waals surface area contributed by atoms with Crippen molar-refractivity contribution in [2.24, 2.45) is 0 Å². The molecule has 0 aromatic heterocycles. The van der Waals surface area contributed by atoms with Gasteiger partial charge < -0.3 is 10.1 Å². The highest BCUT2D eigenvalue weighted by Gasteiger charge is 2.20. The molecule has 1 unspecified atom stereocenters. The first-order chi connectivity index (χ1) is 6.52. The Morgan fingerprint density at radius 2 is 2.07 bits per heavy atom. The van der Waals surface area contributed by atoms with Crippen molar-refractivity contribution in [1.29, 1.82) is 0 Å². The van der Waals surface area contributed by atoms with E-state index in [1.807, 2.05) is 5.32 Å². The molecule has 0 spiro atoms. The van der Waals surface area contributed by atoms with Crippen LogP contribution in [0.4, 0.5) is 8.78 Å². The molecule has 1 N–H and O–H groups in total. The molecule has 0 radical (unpaired) electrons. The van der Waals surface area contributed by atoms with Crippen LogP contribution in [0.3, 0.4) is 0 Å². The van der Waals surface area contributed by atoms with Crippen molar-refractivity contribution in [1.82, 2.24) is 5.32 Å². The van der Waals surface area contributed by atoms with Crippen molar-refractivity contribution < 1.29 is 23.1 Å². The Bertz CT molecular complexity index is 213. The molecular weight excluding hydrogens is 264 g/mol. The molecule has 0 saturated carbocycles. The van der Waals surface area contributed by atoms with Crippen LogP contribution in [0.15, 0.2) is 0 Å². The Kier molecular flexibility index (Phi) is 6.56. The van der Waals surface area contributed by atoms with Gasteiger partial charge in [-0.3, -0.25) is 9.59 Å². The molecule has 82 valence electrons. The molecule has 14 heavy (non-hydrogen) atoms. The number of Topliss-reactive ketones (excluding diaryl/α,β-unsaturated/α-hetero) is 1. The van der Waals surface area contributed by atoms with Gasteiger partial charge in [-0.25, -0.2) is 0 Å². The lowest BCUT2D eigenvalue weighted by molar-refractivity contribution is -0.133. The molecule has 0 heterocycles. The average Bonchev–Trinajstić information content (AvgIpc) is 2.17. The third-order valence-corrected chi connectivity index (χ3v) is 1.99. The summed E-state index contributed by atoms with van der Waals surface area (Å²) in [6.45, 7) is -0.246. The van der Waals surface area contributed by atoms with E-state index in [0.717, 1.165) is 0 Å². The molecule has 7 heteroatoms. The number of carbonyl (C=O) groups is 2. The summed E-state index contributed by atoms with van der Waals surface area (Å²) in [6.07, 6.45) is -3.97. The lowest BCUT2D eigenvalue weighted by Gasteiger charge is -2.13. The quantitative estimate of drug-likeness (QED) is 0.711. The second-order valence-electron chi connectivity index (χ2n) is 2.37. The predicted octanol–water partition coefficient (Wildman–Crippen LogP) is 0.347. The summed E-state index contributed by atoms with van der Waals surface area (Å²) in [5, 5.41) is 1.94. The first kappa shape index (κ1) is 13.4. The van der Waals surface area contributed by atoms with E-state index in [4.69, 9.17) is 4.74 Å². The Hall–Kier alpha value is -0.560. The molecule has 0 aliphatic rings. The van der Waals surface area contributed by atoms with Gasteiger partial charge in [-0.05, 0) is 0 Å². The standard InChI is InChI=1S/C7H10BrF2NO3/c1-14-5(4(12)2-8)3-11-7(13)6(9)10/h5-6H,2-3H2,1H3,(H,11,13). The lowest BCUT2D eigenvalue weighted by Crippen LogP contribution is -2.40. The fourth-order valence-electron chi connectivity index (χ4n) is 0.685. The van der Waals surface area contributed by atoms with Gasteiger partial charge in [-0.1, -0.05) is 15.9 Å². The van der Waals surface area contributed by atoms with Crippen molar-refractivity contribution in [3.63, 3.8) is 0 Å². The number of hydrogen-bond donors (Lipinski definition) is 1. The molecule has 0 bridgehead atoms. The second kappa shape index (κ2) is 6.83. The van der Waals surface area contributed by atoms with Crippen LogP contribution < -0.4 is 5.32 Å². The van der Waals surface area contributed by atoms with Gasteiger partial charge in [0.2, 0.25) is 0 Å². The van der Waals surface area contributed by atoms with Gasteiger partial charge in [0, 0.05) is 7.11 Å². The molecule has 1 atom stereocenters. The predicted molar refractivity (Wildman–Crippen MR) is 48.6 cm³/mol. The minimum absolute atomic E-state index is 0.0516. The van der Waals surface area contributed by atoms with Crippen LogP contribution in [0, 0.1) is 0 Å².